The Bertz CT molecular complexity index is 417. The summed E-state index contributed by atoms with van der Waals surface area (Å²) in [6, 6.07) is 7.23. The van der Waals surface area contributed by atoms with E-state index in [1.54, 1.807) is 6.07 Å². The zero-order valence-corrected chi connectivity index (χ0v) is 8.75. The number of carbonyl (C=O) groups is 2. The topological polar surface area (TPSA) is 46.2 Å². The maximum atomic E-state index is 11.6. The van der Waals surface area contributed by atoms with Crippen LogP contribution in [0.4, 0.5) is 0 Å². The fourth-order valence-electron chi connectivity index (χ4n) is 1.75. The molecule has 0 spiro atoms. The molecule has 0 saturated carbocycles. The van der Waals surface area contributed by atoms with Gasteiger partial charge in [0, 0.05) is 11.4 Å². The lowest BCUT2D eigenvalue weighted by Gasteiger charge is -2.21. The summed E-state index contributed by atoms with van der Waals surface area (Å²) < 4.78 is 0. The molecule has 1 atom stereocenters. The molecule has 1 fully saturated rings. The second-order valence-corrected chi connectivity index (χ2v) is 3.93. The molecule has 0 radical (unpaired) electrons. The van der Waals surface area contributed by atoms with Gasteiger partial charge in [0.15, 0.2) is 0 Å². The van der Waals surface area contributed by atoms with Crippen LogP contribution in [0.5, 0.6) is 0 Å². The summed E-state index contributed by atoms with van der Waals surface area (Å²) in [6.07, 6.45) is 0.913. The monoisotopic (exact) mass is 223 g/mol. The highest BCUT2D eigenvalue weighted by Crippen LogP contribution is 2.29. The first-order chi connectivity index (χ1) is 7.18. The van der Waals surface area contributed by atoms with Gasteiger partial charge in [-0.3, -0.25) is 14.9 Å². The second-order valence-electron chi connectivity index (χ2n) is 3.53. The molecular weight excluding hydrogens is 214 g/mol. The molecule has 2 rings (SSSR count). The van der Waals surface area contributed by atoms with E-state index in [4.69, 9.17) is 11.6 Å². The molecule has 1 aromatic carbocycles. The SMILES string of the molecule is O=C1CCC(c2ccccc2Cl)C(=O)N1. The molecule has 1 aromatic rings. The summed E-state index contributed by atoms with van der Waals surface area (Å²) in [5.74, 6) is -0.751. The molecule has 3 nitrogen and oxygen atoms in total. The Morgan fingerprint density at radius 3 is 2.67 bits per heavy atom. The molecule has 2 amide bonds. The van der Waals surface area contributed by atoms with Crippen LogP contribution in [0.25, 0.3) is 0 Å². The summed E-state index contributed by atoms with van der Waals surface area (Å²) in [5.41, 5.74) is 0.796. The third-order valence-electron chi connectivity index (χ3n) is 2.52. The maximum absolute atomic E-state index is 11.6. The fourth-order valence-corrected chi connectivity index (χ4v) is 2.02. The number of halogens is 1. The van der Waals surface area contributed by atoms with Gasteiger partial charge >= 0.3 is 0 Å². The number of hydrogen-bond donors (Lipinski definition) is 1. The number of benzene rings is 1. The minimum absolute atomic E-state index is 0.205. The van der Waals surface area contributed by atoms with Crippen molar-refractivity contribution >= 4 is 23.4 Å². The van der Waals surface area contributed by atoms with Gasteiger partial charge in [-0.1, -0.05) is 29.8 Å². The lowest BCUT2D eigenvalue weighted by atomic mass is 9.90. The van der Waals surface area contributed by atoms with Crippen molar-refractivity contribution in [2.45, 2.75) is 18.8 Å². The van der Waals surface area contributed by atoms with Crippen molar-refractivity contribution < 1.29 is 9.59 Å². The zero-order chi connectivity index (χ0) is 10.8. The number of imide groups is 1. The minimum Gasteiger partial charge on any atom is -0.296 e. The van der Waals surface area contributed by atoms with Crippen LogP contribution in [0.1, 0.15) is 24.3 Å². The quantitative estimate of drug-likeness (QED) is 0.739. The summed E-state index contributed by atoms with van der Waals surface area (Å²) in [7, 11) is 0. The van der Waals surface area contributed by atoms with Crippen LogP contribution < -0.4 is 5.32 Å². The van der Waals surface area contributed by atoms with Crippen LogP contribution in [0.2, 0.25) is 5.02 Å². The van der Waals surface area contributed by atoms with E-state index in [-0.39, 0.29) is 17.7 Å². The molecular formula is C11H10ClNO2. The van der Waals surface area contributed by atoms with E-state index >= 15 is 0 Å². The summed E-state index contributed by atoms with van der Waals surface area (Å²) in [4.78, 5) is 22.5. The first-order valence-electron chi connectivity index (χ1n) is 4.76. The van der Waals surface area contributed by atoms with E-state index in [9.17, 15) is 9.59 Å². The smallest absolute Gasteiger partial charge is 0.234 e. The van der Waals surface area contributed by atoms with Gasteiger partial charge in [0.25, 0.3) is 0 Å². The van der Waals surface area contributed by atoms with E-state index in [2.05, 4.69) is 5.32 Å². The minimum atomic E-state index is -0.295. The fraction of sp³-hybridized carbons (Fsp3) is 0.273. The highest BCUT2D eigenvalue weighted by atomic mass is 35.5. The molecule has 1 N–H and O–H groups in total. The number of amides is 2. The van der Waals surface area contributed by atoms with Crippen molar-refractivity contribution in [3.63, 3.8) is 0 Å². The second kappa shape index (κ2) is 4.03. The summed E-state index contributed by atoms with van der Waals surface area (Å²) in [6.45, 7) is 0. The predicted octanol–water partition coefficient (Wildman–Crippen LogP) is 1.86. The normalized spacial score (nSPS) is 21.3. The third-order valence-corrected chi connectivity index (χ3v) is 2.86. The van der Waals surface area contributed by atoms with Gasteiger partial charge in [0.1, 0.15) is 0 Å². The molecule has 1 heterocycles. The standard InChI is InChI=1S/C11H10ClNO2/c12-9-4-2-1-3-7(9)8-5-6-10(14)13-11(8)15/h1-4,8H,5-6H2,(H,13,14,15). The molecule has 78 valence electrons. The van der Waals surface area contributed by atoms with Crippen molar-refractivity contribution in [2.24, 2.45) is 0 Å². The Labute approximate surface area is 92.4 Å². The Morgan fingerprint density at radius 2 is 2.00 bits per heavy atom. The lowest BCUT2D eigenvalue weighted by molar-refractivity contribution is -0.134. The van der Waals surface area contributed by atoms with E-state index in [0.29, 0.717) is 17.9 Å². The zero-order valence-electron chi connectivity index (χ0n) is 8.00. The van der Waals surface area contributed by atoms with Crippen LogP contribution in [0.3, 0.4) is 0 Å². The van der Waals surface area contributed by atoms with E-state index < -0.39 is 0 Å². The highest BCUT2D eigenvalue weighted by molar-refractivity contribution is 6.31. The van der Waals surface area contributed by atoms with Gasteiger partial charge in [-0.2, -0.15) is 0 Å². The largest absolute Gasteiger partial charge is 0.296 e. The highest BCUT2D eigenvalue weighted by Gasteiger charge is 2.28. The number of piperidine rings is 1. The number of nitrogens with one attached hydrogen (secondary N) is 1. The van der Waals surface area contributed by atoms with Crippen molar-refractivity contribution in [1.29, 1.82) is 0 Å². The van der Waals surface area contributed by atoms with Crippen LogP contribution in [0, 0.1) is 0 Å². The van der Waals surface area contributed by atoms with Crippen molar-refractivity contribution in [3.05, 3.63) is 34.9 Å². The van der Waals surface area contributed by atoms with Crippen molar-refractivity contribution in [2.75, 3.05) is 0 Å². The van der Waals surface area contributed by atoms with Crippen LogP contribution in [-0.2, 0) is 9.59 Å². The van der Waals surface area contributed by atoms with E-state index in [1.165, 1.54) is 0 Å². The maximum Gasteiger partial charge on any atom is 0.234 e. The number of rotatable bonds is 1. The molecule has 4 heteroatoms. The van der Waals surface area contributed by atoms with E-state index in [0.717, 1.165) is 5.56 Å². The van der Waals surface area contributed by atoms with Crippen molar-refractivity contribution in [1.82, 2.24) is 5.32 Å². The van der Waals surface area contributed by atoms with Gasteiger partial charge < -0.3 is 0 Å². The Morgan fingerprint density at radius 1 is 1.27 bits per heavy atom. The average Bonchev–Trinajstić information content (AvgIpc) is 2.20. The Kier molecular flexibility index (Phi) is 2.73. The third kappa shape index (κ3) is 2.02. The molecule has 1 aliphatic heterocycles. The molecule has 1 unspecified atom stereocenters. The molecule has 0 aromatic heterocycles. The van der Waals surface area contributed by atoms with Crippen LogP contribution in [0.15, 0.2) is 24.3 Å². The van der Waals surface area contributed by atoms with E-state index in [1.807, 2.05) is 18.2 Å². The average molecular weight is 224 g/mol. The van der Waals surface area contributed by atoms with Gasteiger partial charge in [0.05, 0.1) is 5.92 Å². The molecule has 1 saturated heterocycles. The van der Waals surface area contributed by atoms with Gasteiger partial charge in [-0.25, -0.2) is 0 Å². The summed E-state index contributed by atoms with van der Waals surface area (Å²) in [5, 5.41) is 2.89. The Hall–Kier alpha value is -1.35. The molecule has 15 heavy (non-hydrogen) atoms. The van der Waals surface area contributed by atoms with Crippen LogP contribution in [-0.4, -0.2) is 11.8 Å². The molecule has 0 bridgehead atoms. The van der Waals surface area contributed by atoms with Gasteiger partial charge in [-0.05, 0) is 18.1 Å². The number of carbonyl (C=O) groups excluding carboxylic acids is 2. The van der Waals surface area contributed by atoms with Crippen LogP contribution >= 0.6 is 11.6 Å². The first-order valence-corrected chi connectivity index (χ1v) is 5.14. The molecule has 1 aliphatic rings. The Balaban J connectivity index is 2.28. The summed E-state index contributed by atoms with van der Waals surface area (Å²) >= 11 is 5.99. The van der Waals surface area contributed by atoms with Gasteiger partial charge in [0.2, 0.25) is 11.8 Å². The van der Waals surface area contributed by atoms with Crippen molar-refractivity contribution in [3.8, 4) is 0 Å². The lowest BCUT2D eigenvalue weighted by Crippen LogP contribution is -2.39. The van der Waals surface area contributed by atoms with Gasteiger partial charge in [-0.15, -0.1) is 0 Å². The predicted molar refractivity (Wildman–Crippen MR) is 56.6 cm³/mol. The first kappa shape index (κ1) is 10.2. The molecule has 0 aliphatic carbocycles. The number of hydrogen-bond acceptors (Lipinski definition) is 2.